The summed E-state index contributed by atoms with van der Waals surface area (Å²) in [7, 11) is 0. The SMILES string of the molecule is Cc1ccc(-c2nnc(SCC(=O)c3cccs3)o2)cc1C. The standard InChI is InChI=1S/C16H14N2O2S2/c1-10-5-6-12(8-11(10)2)15-17-18-16(20-15)22-9-13(19)14-4-3-7-21-14/h3-8H,9H2,1-2H3. The molecule has 2 aromatic heterocycles. The Morgan fingerprint density at radius 2 is 2.09 bits per heavy atom. The van der Waals surface area contributed by atoms with Gasteiger partial charge in [-0.25, -0.2) is 0 Å². The monoisotopic (exact) mass is 330 g/mol. The van der Waals surface area contributed by atoms with Crippen molar-refractivity contribution in [1.82, 2.24) is 10.2 Å². The first-order valence-corrected chi connectivity index (χ1v) is 8.60. The number of aryl methyl sites for hydroxylation is 2. The van der Waals surface area contributed by atoms with E-state index < -0.39 is 0 Å². The molecule has 22 heavy (non-hydrogen) atoms. The number of aromatic nitrogens is 2. The first kappa shape index (κ1) is 15.0. The molecule has 0 spiro atoms. The molecular formula is C16H14N2O2S2. The summed E-state index contributed by atoms with van der Waals surface area (Å²) in [5.41, 5.74) is 3.30. The van der Waals surface area contributed by atoms with Crippen molar-refractivity contribution in [1.29, 1.82) is 0 Å². The maximum Gasteiger partial charge on any atom is 0.277 e. The van der Waals surface area contributed by atoms with Gasteiger partial charge in [-0.2, -0.15) is 0 Å². The summed E-state index contributed by atoms with van der Waals surface area (Å²) in [5, 5.41) is 10.4. The lowest BCUT2D eigenvalue weighted by molar-refractivity contribution is 0.102. The van der Waals surface area contributed by atoms with E-state index in [0.29, 0.717) is 16.9 Å². The maximum atomic E-state index is 11.9. The molecule has 112 valence electrons. The highest BCUT2D eigenvalue weighted by Gasteiger charge is 2.13. The molecule has 6 heteroatoms. The molecule has 0 bridgehead atoms. The number of hydrogen-bond donors (Lipinski definition) is 0. The van der Waals surface area contributed by atoms with Crippen molar-refractivity contribution >= 4 is 28.9 Å². The highest BCUT2D eigenvalue weighted by molar-refractivity contribution is 7.99. The second kappa shape index (κ2) is 6.46. The summed E-state index contributed by atoms with van der Waals surface area (Å²) in [6.07, 6.45) is 0. The van der Waals surface area contributed by atoms with Gasteiger partial charge >= 0.3 is 0 Å². The lowest BCUT2D eigenvalue weighted by Gasteiger charge is -2.00. The molecule has 0 N–H and O–H groups in total. The Balaban J connectivity index is 1.68. The van der Waals surface area contributed by atoms with Crippen LogP contribution in [0.5, 0.6) is 0 Å². The van der Waals surface area contributed by atoms with Crippen molar-refractivity contribution in [2.24, 2.45) is 0 Å². The molecular weight excluding hydrogens is 316 g/mol. The van der Waals surface area contributed by atoms with E-state index in [1.165, 1.54) is 34.2 Å². The van der Waals surface area contributed by atoms with Gasteiger partial charge in [0.2, 0.25) is 5.89 Å². The summed E-state index contributed by atoms with van der Waals surface area (Å²) >= 11 is 2.71. The lowest BCUT2D eigenvalue weighted by Crippen LogP contribution is -1.98. The van der Waals surface area contributed by atoms with E-state index in [1.54, 1.807) is 0 Å². The minimum absolute atomic E-state index is 0.0749. The number of thiophene rings is 1. The third kappa shape index (κ3) is 3.28. The fourth-order valence-electron chi connectivity index (χ4n) is 1.89. The van der Waals surface area contributed by atoms with Crippen molar-refractivity contribution in [2.75, 3.05) is 5.75 Å². The highest BCUT2D eigenvalue weighted by atomic mass is 32.2. The van der Waals surface area contributed by atoms with E-state index in [0.717, 1.165) is 10.4 Å². The predicted octanol–water partition coefficient (Wildman–Crippen LogP) is 4.39. The zero-order chi connectivity index (χ0) is 15.5. The van der Waals surface area contributed by atoms with Gasteiger partial charge in [0.1, 0.15) is 0 Å². The molecule has 0 radical (unpaired) electrons. The summed E-state index contributed by atoms with van der Waals surface area (Å²) in [6, 6.07) is 9.70. The van der Waals surface area contributed by atoms with E-state index in [2.05, 4.69) is 17.1 Å². The van der Waals surface area contributed by atoms with E-state index in [4.69, 9.17) is 4.42 Å². The minimum atomic E-state index is 0.0749. The number of nitrogens with zero attached hydrogens (tertiary/aromatic N) is 2. The number of hydrogen-bond acceptors (Lipinski definition) is 6. The fraction of sp³-hybridized carbons (Fsp3) is 0.188. The van der Waals surface area contributed by atoms with Crippen molar-refractivity contribution < 1.29 is 9.21 Å². The zero-order valence-electron chi connectivity index (χ0n) is 12.2. The molecule has 0 aliphatic rings. The van der Waals surface area contributed by atoms with Crippen LogP contribution in [0.25, 0.3) is 11.5 Å². The van der Waals surface area contributed by atoms with Gasteiger partial charge in [-0.3, -0.25) is 4.79 Å². The van der Waals surface area contributed by atoms with Crippen LogP contribution >= 0.6 is 23.1 Å². The van der Waals surface area contributed by atoms with Crippen molar-refractivity contribution in [3.05, 3.63) is 51.7 Å². The molecule has 0 atom stereocenters. The molecule has 0 amide bonds. The fourth-order valence-corrected chi connectivity index (χ4v) is 3.30. The van der Waals surface area contributed by atoms with Crippen LogP contribution in [0.3, 0.4) is 0 Å². The molecule has 0 unspecified atom stereocenters. The Morgan fingerprint density at radius 1 is 1.23 bits per heavy atom. The van der Waals surface area contributed by atoms with Crippen LogP contribution in [0.1, 0.15) is 20.8 Å². The second-order valence-electron chi connectivity index (χ2n) is 4.86. The number of carbonyl (C=O) groups is 1. The van der Waals surface area contributed by atoms with E-state index in [1.807, 2.05) is 42.6 Å². The van der Waals surface area contributed by atoms with Crippen LogP contribution in [0.15, 0.2) is 45.4 Å². The number of carbonyl (C=O) groups excluding carboxylic acids is 1. The van der Waals surface area contributed by atoms with Gasteiger partial charge in [0.05, 0.1) is 10.6 Å². The zero-order valence-corrected chi connectivity index (χ0v) is 13.8. The third-order valence-corrected chi connectivity index (χ3v) is 5.01. The lowest BCUT2D eigenvalue weighted by atomic mass is 10.1. The van der Waals surface area contributed by atoms with E-state index in [-0.39, 0.29) is 5.78 Å². The van der Waals surface area contributed by atoms with Gasteiger partial charge in [-0.05, 0) is 48.6 Å². The van der Waals surface area contributed by atoms with Gasteiger partial charge in [0, 0.05) is 5.56 Å². The topological polar surface area (TPSA) is 56.0 Å². The Hall–Kier alpha value is -1.92. The van der Waals surface area contributed by atoms with E-state index >= 15 is 0 Å². The first-order valence-electron chi connectivity index (χ1n) is 6.74. The molecule has 2 heterocycles. The molecule has 0 saturated heterocycles. The molecule has 3 rings (SSSR count). The number of benzene rings is 1. The second-order valence-corrected chi connectivity index (χ2v) is 6.74. The highest BCUT2D eigenvalue weighted by Crippen LogP contribution is 2.25. The van der Waals surface area contributed by atoms with Crippen LogP contribution in [0.2, 0.25) is 0 Å². The van der Waals surface area contributed by atoms with Gasteiger partial charge in [-0.15, -0.1) is 21.5 Å². The number of thioether (sulfide) groups is 1. The van der Waals surface area contributed by atoms with Gasteiger partial charge < -0.3 is 4.42 Å². The number of rotatable bonds is 5. The summed E-state index contributed by atoms with van der Waals surface area (Å²) in [4.78, 5) is 12.7. The summed E-state index contributed by atoms with van der Waals surface area (Å²) in [5.74, 6) is 0.856. The van der Waals surface area contributed by atoms with Crippen LogP contribution in [-0.2, 0) is 0 Å². The Labute approximate surface area is 136 Å². The summed E-state index contributed by atoms with van der Waals surface area (Å²) < 4.78 is 5.62. The number of Topliss-reactive ketones (excluding diaryl/α,β-unsaturated/α-hetero) is 1. The molecule has 4 nitrogen and oxygen atoms in total. The van der Waals surface area contributed by atoms with Crippen molar-refractivity contribution in [3.63, 3.8) is 0 Å². The predicted molar refractivity (Wildman–Crippen MR) is 88.6 cm³/mol. The first-order chi connectivity index (χ1) is 10.6. The summed E-state index contributed by atoms with van der Waals surface area (Å²) in [6.45, 7) is 4.11. The van der Waals surface area contributed by atoms with Crippen LogP contribution in [0.4, 0.5) is 0 Å². The van der Waals surface area contributed by atoms with Gasteiger partial charge in [-0.1, -0.05) is 23.9 Å². The van der Waals surface area contributed by atoms with Gasteiger partial charge in [0.15, 0.2) is 5.78 Å². The van der Waals surface area contributed by atoms with Crippen LogP contribution < -0.4 is 0 Å². The molecule has 0 saturated carbocycles. The molecule has 0 aliphatic carbocycles. The molecule has 0 fully saturated rings. The average molecular weight is 330 g/mol. The Morgan fingerprint density at radius 3 is 2.82 bits per heavy atom. The molecule has 1 aromatic carbocycles. The van der Waals surface area contributed by atoms with Gasteiger partial charge in [0.25, 0.3) is 5.22 Å². The molecule has 3 aromatic rings. The smallest absolute Gasteiger partial charge is 0.277 e. The quantitative estimate of drug-likeness (QED) is 0.513. The van der Waals surface area contributed by atoms with Crippen molar-refractivity contribution in [3.8, 4) is 11.5 Å². The Bertz CT molecular complexity index is 794. The average Bonchev–Trinajstić information content (AvgIpc) is 3.19. The maximum absolute atomic E-state index is 11.9. The normalized spacial score (nSPS) is 10.8. The van der Waals surface area contributed by atoms with Crippen molar-refractivity contribution in [2.45, 2.75) is 19.1 Å². The largest absolute Gasteiger partial charge is 0.411 e. The third-order valence-electron chi connectivity index (χ3n) is 3.28. The van der Waals surface area contributed by atoms with Crippen LogP contribution in [0, 0.1) is 13.8 Å². The van der Waals surface area contributed by atoms with E-state index in [9.17, 15) is 4.79 Å². The Kier molecular flexibility index (Phi) is 4.40. The minimum Gasteiger partial charge on any atom is -0.411 e. The molecule has 0 aliphatic heterocycles. The van der Waals surface area contributed by atoms with Crippen LogP contribution in [-0.4, -0.2) is 21.7 Å². The number of ketones is 1.